The number of amides is 1. The van der Waals surface area contributed by atoms with Crippen LogP contribution in [-0.2, 0) is 0 Å². The number of halogens is 1. The lowest BCUT2D eigenvalue weighted by molar-refractivity contribution is 0.0891. The van der Waals surface area contributed by atoms with E-state index in [1.54, 1.807) is 19.1 Å². The zero-order valence-electron chi connectivity index (χ0n) is 13.2. The smallest absolute Gasteiger partial charge is 0.287 e. The van der Waals surface area contributed by atoms with Gasteiger partial charge < -0.3 is 14.8 Å². The second-order valence-corrected chi connectivity index (χ2v) is 5.81. The molecule has 2 aromatic carbocycles. The fourth-order valence-corrected chi connectivity index (χ4v) is 2.64. The molecule has 2 unspecified atom stereocenters. The minimum atomic E-state index is -0.672. The number of carbonyl (C=O) groups is 1. The highest BCUT2D eigenvalue weighted by Crippen LogP contribution is 2.22. The van der Waals surface area contributed by atoms with Crippen molar-refractivity contribution in [1.82, 2.24) is 5.32 Å². The molecule has 0 bridgehead atoms. The van der Waals surface area contributed by atoms with E-state index in [4.69, 9.17) is 4.42 Å². The van der Waals surface area contributed by atoms with Gasteiger partial charge in [0.1, 0.15) is 0 Å². The fraction of sp³-hybridized carbons (Fsp3) is 0.211. The maximum absolute atomic E-state index is 13.6. The van der Waals surface area contributed by atoms with Crippen LogP contribution in [0.1, 0.15) is 35.6 Å². The van der Waals surface area contributed by atoms with Gasteiger partial charge in [-0.05, 0) is 31.0 Å². The molecule has 5 heteroatoms. The third kappa shape index (κ3) is 3.46. The first kappa shape index (κ1) is 16.2. The number of para-hydroxylation sites is 1. The summed E-state index contributed by atoms with van der Waals surface area (Å²) in [5.41, 5.74) is 0.865. The lowest BCUT2D eigenvalue weighted by Crippen LogP contribution is -2.33. The molecular formula is C19H18FNO3. The summed E-state index contributed by atoms with van der Waals surface area (Å²) in [4.78, 5) is 12.2. The van der Waals surface area contributed by atoms with Gasteiger partial charge in [0.15, 0.2) is 17.2 Å². The summed E-state index contributed by atoms with van der Waals surface area (Å²) in [7, 11) is 0. The Balaban J connectivity index is 1.66. The van der Waals surface area contributed by atoms with Gasteiger partial charge in [0.25, 0.3) is 5.91 Å². The maximum atomic E-state index is 13.6. The number of aliphatic hydroxyl groups excluding tert-OH is 1. The van der Waals surface area contributed by atoms with Crippen LogP contribution in [-0.4, -0.2) is 17.1 Å². The van der Waals surface area contributed by atoms with Crippen molar-refractivity contribution in [2.45, 2.75) is 25.5 Å². The predicted octanol–water partition coefficient (Wildman–Crippen LogP) is 3.81. The average Bonchev–Trinajstić information content (AvgIpc) is 3.01. The summed E-state index contributed by atoms with van der Waals surface area (Å²) in [6.07, 6.45) is -0.306. The number of aliphatic hydroxyl groups is 1. The standard InChI is InChI=1S/C19H18FNO3/c1-12(10-16(22)13-6-3-2-4-7-13)21-19(23)17-11-14-8-5-9-15(20)18(14)24-17/h2-9,11-12,16,22H,10H2,1H3,(H,21,23). The monoisotopic (exact) mass is 327 g/mol. The van der Waals surface area contributed by atoms with E-state index in [9.17, 15) is 14.3 Å². The molecule has 0 aliphatic rings. The minimum Gasteiger partial charge on any atom is -0.448 e. The molecule has 124 valence electrons. The maximum Gasteiger partial charge on any atom is 0.287 e. The Bertz CT molecular complexity index is 844. The van der Waals surface area contributed by atoms with Crippen molar-refractivity contribution in [3.05, 3.63) is 71.7 Å². The molecular weight excluding hydrogens is 309 g/mol. The zero-order valence-corrected chi connectivity index (χ0v) is 13.2. The Morgan fingerprint density at radius 3 is 2.67 bits per heavy atom. The molecule has 0 radical (unpaired) electrons. The summed E-state index contributed by atoms with van der Waals surface area (Å²) < 4.78 is 18.9. The molecule has 3 aromatic rings. The van der Waals surface area contributed by atoms with E-state index in [1.165, 1.54) is 12.1 Å². The molecule has 4 nitrogen and oxygen atoms in total. The van der Waals surface area contributed by atoms with Crippen LogP contribution in [0.25, 0.3) is 11.0 Å². The van der Waals surface area contributed by atoms with Crippen molar-refractivity contribution in [2.75, 3.05) is 0 Å². The second kappa shape index (κ2) is 6.84. The highest BCUT2D eigenvalue weighted by molar-refractivity contribution is 5.96. The number of hydrogen-bond donors (Lipinski definition) is 2. The van der Waals surface area contributed by atoms with Crippen LogP contribution in [0.4, 0.5) is 4.39 Å². The van der Waals surface area contributed by atoms with Gasteiger partial charge >= 0.3 is 0 Å². The Kier molecular flexibility index (Phi) is 4.62. The van der Waals surface area contributed by atoms with E-state index in [2.05, 4.69) is 5.32 Å². The topological polar surface area (TPSA) is 62.5 Å². The first-order valence-electron chi connectivity index (χ1n) is 7.76. The summed E-state index contributed by atoms with van der Waals surface area (Å²) in [6.45, 7) is 1.80. The van der Waals surface area contributed by atoms with Gasteiger partial charge in [-0.25, -0.2) is 4.39 Å². The van der Waals surface area contributed by atoms with Crippen molar-refractivity contribution in [3.63, 3.8) is 0 Å². The number of nitrogens with one attached hydrogen (secondary N) is 1. The van der Waals surface area contributed by atoms with Gasteiger partial charge in [0, 0.05) is 11.4 Å². The molecule has 1 heterocycles. The molecule has 2 atom stereocenters. The van der Waals surface area contributed by atoms with Crippen molar-refractivity contribution in [3.8, 4) is 0 Å². The van der Waals surface area contributed by atoms with Gasteiger partial charge in [0.05, 0.1) is 6.10 Å². The summed E-state index contributed by atoms with van der Waals surface area (Å²) in [6, 6.07) is 15.0. The third-order valence-corrected chi connectivity index (χ3v) is 3.86. The third-order valence-electron chi connectivity index (χ3n) is 3.86. The quantitative estimate of drug-likeness (QED) is 0.749. The normalized spacial score (nSPS) is 13.6. The van der Waals surface area contributed by atoms with E-state index in [1.807, 2.05) is 30.3 Å². The average molecular weight is 327 g/mol. The van der Waals surface area contributed by atoms with Crippen molar-refractivity contribution in [2.24, 2.45) is 0 Å². The summed E-state index contributed by atoms with van der Waals surface area (Å²) >= 11 is 0. The van der Waals surface area contributed by atoms with Crippen molar-refractivity contribution < 1.29 is 18.7 Å². The molecule has 24 heavy (non-hydrogen) atoms. The number of benzene rings is 2. The Hall–Kier alpha value is -2.66. The van der Waals surface area contributed by atoms with Crippen LogP contribution in [0.15, 0.2) is 59.0 Å². The molecule has 0 spiro atoms. The van der Waals surface area contributed by atoms with E-state index in [0.29, 0.717) is 11.8 Å². The number of furan rings is 1. The predicted molar refractivity (Wildman–Crippen MR) is 89.1 cm³/mol. The molecule has 0 aliphatic carbocycles. The first-order chi connectivity index (χ1) is 11.5. The molecule has 0 aliphatic heterocycles. The zero-order chi connectivity index (χ0) is 17.1. The molecule has 0 saturated heterocycles. The van der Waals surface area contributed by atoms with E-state index in [-0.39, 0.29) is 17.4 Å². The number of hydrogen-bond acceptors (Lipinski definition) is 3. The van der Waals surface area contributed by atoms with Crippen molar-refractivity contribution >= 4 is 16.9 Å². The summed E-state index contributed by atoms with van der Waals surface area (Å²) in [5.74, 6) is -0.881. The van der Waals surface area contributed by atoms with Gasteiger partial charge in [-0.2, -0.15) is 0 Å². The van der Waals surface area contributed by atoms with E-state index in [0.717, 1.165) is 5.56 Å². The van der Waals surface area contributed by atoms with Crippen LogP contribution in [0, 0.1) is 5.82 Å². The highest BCUT2D eigenvalue weighted by Gasteiger charge is 2.18. The Labute approximate surface area is 138 Å². The fourth-order valence-electron chi connectivity index (χ4n) is 2.64. The second-order valence-electron chi connectivity index (χ2n) is 5.81. The Morgan fingerprint density at radius 1 is 1.21 bits per heavy atom. The van der Waals surface area contributed by atoms with Crippen LogP contribution >= 0.6 is 0 Å². The van der Waals surface area contributed by atoms with Crippen LogP contribution < -0.4 is 5.32 Å². The van der Waals surface area contributed by atoms with E-state index < -0.39 is 17.8 Å². The molecule has 3 rings (SSSR count). The minimum absolute atomic E-state index is 0.0520. The van der Waals surface area contributed by atoms with Crippen molar-refractivity contribution in [1.29, 1.82) is 0 Å². The highest BCUT2D eigenvalue weighted by atomic mass is 19.1. The number of rotatable bonds is 5. The van der Waals surface area contributed by atoms with Crippen LogP contribution in [0.3, 0.4) is 0 Å². The molecule has 1 amide bonds. The molecule has 1 aromatic heterocycles. The largest absolute Gasteiger partial charge is 0.448 e. The lowest BCUT2D eigenvalue weighted by atomic mass is 10.0. The van der Waals surface area contributed by atoms with Gasteiger partial charge in [-0.1, -0.05) is 42.5 Å². The molecule has 0 saturated carbocycles. The van der Waals surface area contributed by atoms with Crippen LogP contribution in [0.5, 0.6) is 0 Å². The number of carbonyl (C=O) groups excluding carboxylic acids is 1. The first-order valence-corrected chi connectivity index (χ1v) is 7.76. The van der Waals surface area contributed by atoms with Gasteiger partial charge in [0.2, 0.25) is 0 Å². The van der Waals surface area contributed by atoms with Gasteiger partial charge in [-0.3, -0.25) is 4.79 Å². The SMILES string of the molecule is CC(CC(O)c1ccccc1)NC(=O)c1cc2cccc(F)c2o1. The van der Waals surface area contributed by atoms with Gasteiger partial charge in [-0.15, -0.1) is 0 Å². The summed E-state index contributed by atoms with van der Waals surface area (Å²) in [5, 5.41) is 13.5. The van der Waals surface area contributed by atoms with E-state index >= 15 is 0 Å². The van der Waals surface area contributed by atoms with Crippen LogP contribution in [0.2, 0.25) is 0 Å². The lowest BCUT2D eigenvalue weighted by Gasteiger charge is -2.17. The Morgan fingerprint density at radius 2 is 1.96 bits per heavy atom. The number of fused-ring (bicyclic) bond motifs is 1. The molecule has 2 N–H and O–H groups in total. The molecule has 0 fully saturated rings.